The summed E-state index contributed by atoms with van der Waals surface area (Å²) in [5.74, 6) is 0.390. The van der Waals surface area contributed by atoms with E-state index in [9.17, 15) is 0 Å². The van der Waals surface area contributed by atoms with E-state index in [1.807, 2.05) is 12.3 Å². The van der Waals surface area contributed by atoms with Gasteiger partial charge in [0.2, 0.25) is 0 Å². The fourth-order valence-corrected chi connectivity index (χ4v) is 3.27. The molecular weight excluding hydrogens is 255 g/mol. The second-order valence-electron chi connectivity index (χ2n) is 4.83. The minimum absolute atomic E-state index is 0.382. The number of fused-ring (bicyclic) bond motifs is 2. The lowest BCUT2D eigenvalue weighted by Gasteiger charge is -2.33. The van der Waals surface area contributed by atoms with Gasteiger partial charge in [-0.1, -0.05) is 35.4 Å². The topological polar surface area (TPSA) is 16.1 Å². The van der Waals surface area contributed by atoms with Crippen LogP contribution in [-0.4, -0.2) is 29.0 Å². The average molecular weight is 269 g/mol. The lowest BCUT2D eigenvalue weighted by atomic mass is 9.90. The van der Waals surface area contributed by atoms with E-state index in [2.05, 4.69) is 29.1 Å². The Morgan fingerprint density at radius 3 is 2.88 bits per heavy atom. The molecule has 0 amide bonds. The molecule has 0 radical (unpaired) electrons. The molecule has 0 spiro atoms. The molecule has 3 atom stereocenters. The summed E-state index contributed by atoms with van der Waals surface area (Å²) < 4.78 is 0. The number of pyridine rings is 1. The molecule has 1 fully saturated rings. The Morgan fingerprint density at radius 1 is 1.29 bits per heavy atom. The molecule has 0 aliphatic carbocycles. The van der Waals surface area contributed by atoms with Crippen LogP contribution >= 0.6 is 23.2 Å². The monoisotopic (exact) mass is 268 g/mol. The zero-order valence-corrected chi connectivity index (χ0v) is 11.1. The van der Waals surface area contributed by atoms with Crippen LogP contribution in [0.3, 0.4) is 0 Å². The Hall–Kier alpha value is -0.570. The van der Waals surface area contributed by atoms with Crippen LogP contribution in [0.15, 0.2) is 24.4 Å². The van der Waals surface area contributed by atoms with E-state index in [0.717, 1.165) is 5.56 Å². The summed E-state index contributed by atoms with van der Waals surface area (Å²) >= 11 is 11.9. The van der Waals surface area contributed by atoms with E-state index < -0.39 is 0 Å². The van der Waals surface area contributed by atoms with Crippen LogP contribution in [0.4, 0.5) is 0 Å². The smallest absolute Gasteiger partial charge is 0.147 e. The third-order valence-electron chi connectivity index (χ3n) is 3.96. The first-order chi connectivity index (χ1) is 8.16. The molecule has 4 heteroatoms. The third kappa shape index (κ3) is 1.88. The minimum atomic E-state index is 0.382. The van der Waals surface area contributed by atoms with Crippen LogP contribution in [0.25, 0.3) is 0 Å². The predicted octanol–water partition coefficient (Wildman–Crippen LogP) is 3.50. The van der Waals surface area contributed by atoms with Crippen molar-refractivity contribution in [2.24, 2.45) is 0 Å². The van der Waals surface area contributed by atoms with Crippen molar-refractivity contribution in [3.05, 3.63) is 40.2 Å². The van der Waals surface area contributed by atoms with Gasteiger partial charge in [-0.05, 0) is 31.5 Å². The van der Waals surface area contributed by atoms with Crippen molar-refractivity contribution in [1.29, 1.82) is 0 Å². The van der Waals surface area contributed by atoms with Crippen LogP contribution < -0.4 is 0 Å². The van der Waals surface area contributed by atoms with Crippen LogP contribution in [0.5, 0.6) is 0 Å². The van der Waals surface area contributed by atoms with Crippen LogP contribution in [0.1, 0.15) is 24.3 Å². The summed E-state index contributed by atoms with van der Waals surface area (Å²) in [5.41, 5.74) is 1.16. The highest BCUT2D eigenvalue weighted by Gasteiger charge is 2.37. The van der Waals surface area contributed by atoms with Crippen molar-refractivity contribution >= 4 is 23.2 Å². The van der Waals surface area contributed by atoms with Gasteiger partial charge in [0.15, 0.2) is 0 Å². The van der Waals surface area contributed by atoms with Gasteiger partial charge in [0.05, 0.1) is 5.02 Å². The fraction of sp³-hybridized carbons (Fsp3) is 0.462. The summed E-state index contributed by atoms with van der Waals surface area (Å²) in [4.78, 5) is 6.59. The normalized spacial score (nSPS) is 32.1. The average Bonchev–Trinajstić information content (AvgIpc) is 2.56. The van der Waals surface area contributed by atoms with E-state index in [1.165, 1.54) is 12.8 Å². The fourth-order valence-electron chi connectivity index (χ4n) is 2.99. The number of rotatable bonds is 1. The van der Waals surface area contributed by atoms with E-state index in [4.69, 9.17) is 23.2 Å². The van der Waals surface area contributed by atoms with Crippen LogP contribution in [-0.2, 0) is 0 Å². The summed E-state index contributed by atoms with van der Waals surface area (Å²) in [5, 5.41) is 0.924. The molecule has 0 N–H and O–H groups in total. The Balaban J connectivity index is 1.96. The van der Waals surface area contributed by atoms with E-state index in [1.54, 1.807) is 0 Å². The standard InChI is InChI=1S/C13H14Cl2N2/c1-17-9-2-4-10(12(17)5-3-9)8-6-11(14)13(15)16-7-8/h2,4,6-7,9-10,12H,3,5H2,1H3. The van der Waals surface area contributed by atoms with Gasteiger partial charge in [0, 0.05) is 24.2 Å². The van der Waals surface area contributed by atoms with Crippen LogP contribution in [0.2, 0.25) is 10.2 Å². The third-order valence-corrected chi connectivity index (χ3v) is 4.65. The van der Waals surface area contributed by atoms with Crippen molar-refractivity contribution in [1.82, 2.24) is 9.88 Å². The molecule has 2 aliphatic heterocycles. The van der Waals surface area contributed by atoms with Gasteiger partial charge < -0.3 is 0 Å². The van der Waals surface area contributed by atoms with Crippen molar-refractivity contribution in [3.63, 3.8) is 0 Å². The number of halogens is 2. The Labute approximate surface area is 111 Å². The summed E-state index contributed by atoms with van der Waals surface area (Å²) in [6.07, 6.45) is 8.93. The predicted molar refractivity (Wildman–Crippen MR) is 70.7 cm³/mol. The lowest BCUT2D eigenvalue weighted by molar-refractivity contribution is 0.241. The Kier molecular flexibility index (Phi) is 2.89. The van der Waals surface area contributed by atoms with Gasteiger partial charge in [-0.15, -0.1) is 0 Å². The molecule has 1 aromatic heterocycles. The van der Waals surface area contributed by atoms with Crippen molar-refractivity contribution in [3.8, 4) is 0 Å². The van der Waals surface area contributed by atoms with Crippen molar-refractivity contribution < 1.29 is 0 Å². The number of hydrogen-bond donors (Lipinski definition) is 0. The molecule has 2 bridgehead atoms. The largest absolute Gasteiger partial charge is 0.296 e. The van der Waals surface area contributed by atoms with E-state index in [-0.39, 0.29) is 0 Å². The zero-order chi connectivity index (χ0) is 12.0. The molecular formula is C13H14Cl2N2. The molecule has 2 nitrogen and oxygen atoms in total. The minimum Gasteiger partial charge on any atom is -0.296 e. The molecule has 0 aromatic carbocycles. The summed E-state index contributed by atoms with van der Waals surface area (Å²) in [7, 11) is 2.20. The lowest BCUT2D eigenvalue weighted by Crippen LogP contribution is -2.37. The molecule has 3 heterocycles. The number of aromatic nitrogens is 1. The maximum atomic E-state index is 6.04. The molecule has 17 heavy (non-hydrogen) atoms. The van der Waals surface area contributed by atoms with Gasteiger partial charge >= 0.3 is 0 Å². The first-order valence-electron chi connectivity index (χ1n) is 5.88. The van der Waals surface area contributed by atoms with E-state index >= 15 is 0 Å². The van der Waals surface area contributed by atoms with Crippen molar-refractivity contribution in [2.75, 3.05) is 7.05 Å². The maximum absolute atomic E-state index is 6.04. The Morgan fingerprint density at radius 2 is 2.12 bits per heavy atom. The number of likely N-dealkylation sites (N-methyl/N-ethyl adjacent to an activating group) is 1. The van der Waals surface area contributed by atoms with E-state index in [0.29, 0.717) is 28.2 Å². The van der Waals surface area contributed by atoms with Crippen molar-refractivity contribution in [2.45, 2.75) is 30.8 Å². The van der Waals surface area contributed by atoms with Gasteiger partial charge in [-0.3, -0.25) is 4.90 Å². The van der Waals surface area contributed by atoms with Gasteiger partial charge in [0.1, 0.15) is 5.15 Å². The molecule has 3 unspecified atom stereocenters. The quantitative estimate of drug-likeness (QED) is 0.573. The summed E-state index contributed by atoms with van der Waals surface area (Å²) in [6.45, 7) is 0. The molecule has 1 saturated heterocycles. The maximum Gasteiger partial charge on any atom is 0.147 e. The van der Waals surface area contributed by atoms with Gasteiger partial charge in [-0.2, -0.15) is 0 Å². The molecule has 0 saturated carbocycles. The SMILES string of the molecule is CN1C2C=CC(c3cnc(Cl)c(Cl)c3)C1CC2. The second-order valence-corrected chi connectivity index (χ2v) is 5.59. The first kappa shape index (κ1) is 11.5. The number of nitrogens with zero attached hydrogens (tertiary/aromatic N) is 2. The molecule has 90 valence electrons. The highest BCUT2D eigenvalue weighted by Crippen LogP contribution is 2.39. The Bertz CT molecular complexity index is 472. The number of hydrogen-bond acceptors (Lipinski definition) is 2. The zero-order valence-electron chi connectivity index (χ0n) is 9.61. The first-order valence-corrected chi connectivity index (χ1v) is 6.63. The van der Waals surface area contributed by atoms with Gasteiger partial charge in [-0.25, -0.2) is 4.98 Å². The van der Waals surface area contributed by atoms with Gasteiger partial charge in [0.25, 0.3) is 0 Å². The molecule has 1 aromatic rings. The molecule has 2 aliphatic rings. The summed E-state index contributed by atoms with van der Waals surface area (Å²) in [6, 6.07) is 3.13. The highest BCUT2D eigenvalue weighted by atomic mass is 35.5. The highest BCUT2D eigenvalue weighted by molar-refractivity contribution is 6.41. The second kappa shape index (κ2) is 4.27. The molecule has 3 rings (SSSR count). The van der Waals surface area contributed by atoms with Crippen LogP contribution in [0, 0.1) is 0 Å².